The molecule has 0 fully saturated rings. The van der Waals surface area contributed by atoms with Gasteiger partial charge in [-0.15, -0.1) is 0 Å². The van der Waals surface area contributed by atoms with Crippen LogP contribution in [0.15, 0.2) is 12.1 Å². The first kappa shape index (κ1) is 34.3. The Labute approximate surface area is 235 Å². The van der Waals surface area contributed by atoms with Crippen LogP contribution in [0.3, 0.4) is 0 Å². The standard InChI is InChI=1S/C28H44N2O10/c1-27(2,3)39-25(35)29-13-9-7-11-15-37-21-18-22(20(24(33)34)17-19(21)23(31)32)38-16-12-8-10-14-30-26(36)40-28(4,5)6/h17-18H,7-16H2,1-6H3,(H,29,35)(H,30,36)(H,31,32)(H,33,34). The number of carbonyl (C=O) groups is 4. The van der Waals surface area contributed by atoms with E-state index >= 15 is 0 Å². The highest BCUT2D eigenvalue weighted by Gasteiger charge is 2.21. The highest BCUT2D eigenvalue weighted by Crippen LogP contribution is 2.30. The molecule has 0 aromatic heterocycles. The Hall–Kier alpha value is -3.70. The van der Waals surface area contributed by atoms with Gasteiger partial charge in [-0.05, 0) is 86.1 Å². The molecule has 4 N–H and O–H groups in total. The van der Waals surface area contributed by atoms with Crippen molar-refractivity contribution in [2.45, 2.75) is 91.3 Å². The van der Waals surface area contributed by atoms with E-state index in [9.17, 15) is 29.4 Å². The topological polar surface area (TPSA) is 170 Å². The third-order valence-corrected chi connectivity index (χ3v) is 5.04. The highest BCUT2D eigenvalue weighted by molar-refractivity contribution is 5.98. The first-order valence-electron chi connectivity index (χ1n) is 13.4. The van der Waals surface area contributed by atoms with Crippen LogP contribution < -0.4 is 20.1 Å². The quantitative estimate of drug-likeness (QED) is 0.194. The van der Waals surface area contributed by atoms with Crippen LogP contribution in [0, 0.1) is 0 Å². The van der Waals surface area contributed by atoms with Crippen molar-refractivity contribution in [3.63, 3.8) is 0 Å². The van der Waals surface area contributed by atoms with Crippen LogP contribution in [0.5, 0.6) is 11.5 Å². The zero-order valence-electron chi connectivity index (χ0n) is 24.4. The van der Waals surface area contributed by atoms with Gasteiger partial charge in [0.15, 0.2) is 0 Å². The van der Waals surface area contributed by atoms with E-state index in [0.717, 1.165) is 6.07 Å². The lowest BCUT2D eigenvalue weighted by Crippen LogP contribution is -2.33. The lowest BCUT2D eigenvalue weighted by Gasteiger charge is -2.19. The molecule has 1 aromatic carbocycles. The van der Waals surface area contributed by atoms with Crippen LogP contribution in [0.1, 0.15) is 101 Å². The summed E-state index contributed by atoms with van der Waals surface area (Å²) in [5.41, 5.74) is -1.69. The molecule has 12 heteroatoms. The molecule has 0 aliphatic carbocycles. The maximum atomic E-state index is 11.7. The molecule has 226 valence electrons. The first-order chi connectivity index (χ1) is 18.6. The van der Waals surface area contributed by atoms with E-state index in [4.69, 9.17) is 18.9 Å². The average molecular weight is 569 g/mol. The molecule has 0 spiro atoms. The van der Waals surface area contributed by atoms with Gasteiger partial charge in [0.1, 0.15) is 33.8 Å². The summed E-state index contributed by atoms with van der Waals surface area (Å²) < 4.78 is 21.7. The molecule has 1 aromatic rings. The molecule has 0 bridgehead atoms. The summed E-state index contributed by atoms with van der Waals surface area (Å²) in [5.74, 6) is -2.60. The molecule has 0 heterocycles. The van der Waals surface area contributed by atoms with Crippen LogP contribution in [0.4, 0.5) is 9.59 Å². The molecule has 1 rings (SSSR count). The van der Waals surface area contributed by atoms with E-state index in [1.54, 1.807) is 41.5 Å². The molecule has 0 unspecified atom stereocenters. The Morgan fingerprint density at radius 3 is 1.32 bits per heavy atom. The number of hydrogen-bond acceptors (Lipinski definition) is 8. The zero-order chi connectivity index (χ0) is 30.3. The number of benzene rings is 1. The van der Waals surface area contributed by atoms with Gasteiger partial charge < -0.3 is 39.8 Å². The lowest BCUT2D eigenvalue weighted by atomic mass is 10.1. The minimum Gasteiger partial charge on any atom is -0.493 e. The Morgan fingerprint density at radius 2 is 1.00 bits per heavy atom. The van der Waals surface area contributed by atoms with E-state index in [1.165, 1.54) is 6.07 Å². The van der Waals surface area contributed by atoms with Gasteiger partial charge in [0, 0.05) is 19.2 Å². The number of aromatic carboxylic acids is 2. The number of carbonyl (C=O) groups excluding carboxylic acids is 2. The van der Waals surface area contributed by atoms with Gasteiger partial charge in [0.25, 0.3) is 0 Å². The normalized spacial score (nSPS) is 11.3. The Bertz CT molecular complexity index is 921. The number of hydrogen-bond donors (Lipinski definition) is 4. The van der Waals surface area contributed by atoms with Gasteiger partial charge in [0.2, 0.25) is 0 Å². The molecule has 0 atom stereocenters. The minimum absolute atomic E-state index is 0.0148. The van der Waals surface area contributed by atoms with Crippen LogP contribution in [-0.4, -0.2) is 71.8 Å². The van der Waals surface area contributed by atoms with Crippen LogP contribution >= 0.6 is 0 Å². The molecule has 0 aliphatic heterocycles. The maximum absolute atomic E-state index is 11.7. The number of carboxylic acids is 2. The summed E-state index contributed by atoms with van der Waals surface area (Å²) >= 11 is 0. The molecule has 12 nitrogen and oxygen atoms in total. The van der Waals surface area contributed by atoms with Crippen molar-refractivity contribution in [2.24, 2.45) is 0 Å². The summed E-state index contributed by atoms with van der Waals surface area (Å²) in [6, 6.07) is 2.33. The SMILES string of the molecule is CC(C)(C)OC(=O)NCCCCCOc1cc(OCCCCCNC(=O)OC(C)(C)C)c(C(=O)O)cc1C(=O)O. The summed E-state index contributed by atoms with van der Waals surface area (Å²) in [6.07, 6.45) is 2.96. The summed E-state index contributed by atoms with van der Waals surface area (Å²) in [5, 5.41) is 24.5. The number of alkyl carbamates (subject to hydrolysis) is 2. The molecule has 2 amide bonds. The monoisotopic (exact) mass is 568 g/mol. The van der Waals surface area contributed by atoms with Crippen molar-refractivity contribution in [2.75, 3.05) is 26.3 Å². The van der Waals surface area contributed by atoms with E-state index in [1.807, 2.05) is 0 Å². The number of carboxylic acid groups (broad SMARTS) is 2. The fraction of sp³-hybridized carbons (Fsp3) is 0.643. The van der Waals surface area contributed by atoms with Crippen LogP contribution in [-0.2, 0) is 9.47 Å². The van der Waals surface area contributed by atoms with Gasteiger partial charge in [-0.2, -0.15) is 0 Å². The van der Waals surface area contributed by atoms with Crippen molar-refractivity contribution in [3.05, 3.63) is 23.3 Å². The third-order valence-electron chi connectivity index (χ3n) is 5.04. The van der Waals surface area contributed by atoms with Gasteiger partial charge >= 0.3 is 24.1 Å². The number of rotatable bonds is 16. The molecular weight excluding hydrogens is 524 g/mol. The fourth-order valence-electron chi connectivity index (χ4n) is 3.32. The number of ether oxygens (including phenoxy) is 4. The maximum Gasteiger partial charge on any atom is 0.407 e. The van der Waals surface area contributed by atoms with Crippen LogP contribution in [0.2, 0.25) is 0 Å². The van der Waals surface area contributed by atoms with Gasteiger partial charge in [-0.25, -0.2) is 19.2 Å². The van der Waals surface area contributed by atoms with E-state index < -0.39 is 35.3 Å². The number of unbranched alkanes of at least 4 members (excludes halogenated alkanes) is 4. The minimum atomic E-state index is -1.32. The predicted octanol–water partition coefficient (Wildman–Crippen LogP) is 5.23. The third kappa shape index (κ3) is 15.0. The molecule has 0 aliphatic rings. The lowest BCUT2D eigenvalue weighted by molar-refractivity contribution is 0.0515. The fourth-order valence-corrected chi connectivity index (χ4v) is 3.32. The summed E-state index contributed by atoms with van der Waals surface area (Å²) in [7, 11) is 0. The van der Waals surface area contributed by atoms with Gasteiger partial charge in [-0.3, -0.25) is 0 Å². The molecular formula is C28H44N2O10. The van der Waals surface area contributed by atoms with Crippen molar-refractivity contribution in [1.82, 2.24) is 10.6 Å². The van der Waals surface area contributed by atoms with E-state index in [0.29, 0.717) is 51.6 Å². The van der Waals surface area contributed by atoms with E-state index in [-0.39, 0.29) is 35.8 Å². The second-order valence-electron chi connectivity index (χ2n) is 11.1. The number of amides is 2. The highest BCUT2D eigenvalue weighted by atomic mass is 16.6. The van der Waals surface area contributed by atoms with E-state index in [2.05, 4.69) is 10.6 Å². The van der Waals surface area contributed by atoms with Gasteiger partial charge in [-0.1, -0.05) is 0 Å². The van der Waals surface area contributed by atoms with Crippen LogP contribution in [0.25, 0.3) is 0 Å². The molecule has 0 saturated heterocycles. The largest absolute Gasteiger partial charge is 0.493 e. The van der Waals surface area contributed by atoms with Crippen molar-refractivity contribution < 1.29 is 48.3 Å². The molecule has 0 radical (unpaired) electrons. The average Bonchev–Trinajstić information content (AvgIpc) is 2.80. The second-order valence-corrected chi connectivity index (χ2v) is 11.1. The predicted molar refractivity (Wildman–Crippen MR) is 148 cm³/mol. The Balaban J connectivity index is 2.56. The number of nitrogens with one attached hydrogen (secondary N) is 2. The smallest absolute Gasteiger partial charge is 0.407 e. The van der Waals surface area contributed by atoms with Crippen molar-refractivity contribution in [1.29, 1.82) is 0 Å². The molecule has 0 saturated carbocycles. The van der Waals surface area contributed by atoms with Crippen molar-refractivity contribution in [3.8, 4) is 11.5 Å². The molecule has 40 heavy (non-hydrogen) atoms. The summed E-state index contributed by atoms with van der Waals surface area (Å²) in [4.78, 5) is 46.8. The Morgan fingerprint density at radius 1 is 0.625 bits per heavy atom. The van der Waals surface area contributed by atoms with Gasteiger partial charge in [0.05, 0.1) is 13.2 Å². The van der Waals surface area contributed by atoms with Crippen molar-refractivity contribution >= 4 is 24.1 Å². The second kappa shape index (κ2) is 16.4. The first-order valence-corrected chi connectivity index (χ1v) is 13.4. The zero-order valence-corrected chi connectivity index (χ0v) is 24.4. The summed E-state index contributed by atoms with van der Waals surface area (Å²) in [6.45, 7) is 11.9. The Kier molecular flexibility index (Phi) is 14.1.